The number of nitrogens with zero attached hydrogens (tertiary/aromatic N) is 2. The smallest absolute Gasteiger partial charge is 0.161 e. The number of aromatic nitrogens is 2. The van der Waals surface area contributed by atoms with Crippen LogP contribution in [0.25, 0.3) is 11.4 Å². The first-order chi connectivity index (χ1) is 10.7. The summed E-state index contributed by atoms with van der Waals surface area (Å²) in [5, 5.41) is 0.317. The average molecular weight is 310 g/mol. The van der Waals surface area contributed by atoms with Crippen molar-refractivity contribution in [2.75, 3.05) is 5.73 Å². The van der Waals surface area contributed by atoms with Crippen molar-refractivity contribution in [3.05, 3.63) is 77.1 Å². The molecule has 1 heterocycles. The average Bonchev–Trinajstić information content (AvgIpc) is 2.58. The predicted molar refractivity (Wildman–Crippen MR) is 90.7 cm³/mol. The van der Waals surface area contributed by atoms with Crippen LogP contribution >= 0.6 is 11.6 Å². The van der Waals surface area contributed by atoms with Crippen LogP contribution < -0.4 is 5.73 Å². The van der Waals surface area contributed by atoms with E-state index in [9.17, 15) is 0 Å². The van der Waals surface area contributed by atoms with Crippen molar-refractivity contribution >= 4 is 17.3 Å². The Morgan fingerprint density at radius 2 is 1.45 bits per heavy atom. The number of aryl methyl sites for hydroxylation is 2. The SMILES string of the molecule is Nc1c(Cl)nc(-c2ccccc2)nc1CCc1ccccc1. The molecule has 3 nitrogen and oxygen atoms in total. The molecule has 0 saturated heterocycles. The molecular formula is C18H16ClN3. The molecule has 4 heteroatoms. The molecule has 0 radical (unpaired) electrons. The van der Waals surface area contributed by atoms with Gasteiger partial charge < -0.3 is 5.73 Å². The Kier molecular flexibility index (Phi) is 4.35. The number of hydrogen-bond acceptors (Lipinski definition) is 3. The summed E-state index contributed by atoms with van der Waals surface area (Å²) in [7, 11) is 0. The number of anilines is 1. The highest BCUT2D eigenvalue weighted by atomic mass is 35.5. The largest absolute Gasteiger partial charge is 0.395 e. The first-order valence-electron chi connectivity index (χ1n) is 7.15. The van der Waals surface area contributed by atoms with Crippen molar-refractivity contribution < 1.29 is 0 Å². The third-order valence-electron chi connectivity index (χ3n) is 3.50. The lowest BCUT2D eigenvalue weighted by Gasteiger charge is -2.09. The van der Waals surface area contributed by atoms with Crippen molar-refractivity contribution in [2.24, 2.45) is 0 Å². The van der Waals surface area contributed by atoms with Gasteiger partial charge in [-0.1, -0.05) is 72.3 Å². The topological polar surface area (TPSA) is 51.8 Å². The lowest BCUT2D eigenvalue weighted by molar-refractivity contribution is 0.908. The van der Waals surface area contributed by atoms with Crippen molar-refractivity contribution in [2.45, 2.75) is 12.8 Å². The molecule has 0 amide bonds. The van der Waals surface area contributed by atoms with Gasteiger partial charge in [0.05, 0.1) is 11.4 Å². The molecule has 3 aromatic rings. The normalized spacial score (nSPS) is 10.6. The molecule has 2 aromatic carbocycles. The summed E-state index contributed by atoms with van der Waals surface area (Å²) in [6.07, 6.45) is 1.60. The summed E-state index contributed by atoms with van der Waals surface area (Å²) in [5.74, 6) is 0.614. The molecule has 0 aliphatic heterocycles. The maximum Gasteiger partial charge on any atom is 0.161 e. The molecule has 0 aliphatic carbocycles. The monoisotopic (exact) mass is 309 g/mol. The molecule has 2 N–H and O–H groups in total. The van der Waals surface area contributed by atoms with E-state index in [1.807, 2.05) is 48.5 Å². The molecular weight excluding hydrogens is 294 g/mol. The molecule has 110 valence electrons. The van der Waals surface area contributed by atoms with Gasteiger partial charge in [0.2, 0.25) is 0 Å². The summed E-state index contributed by atoms with van der Waals surface area (Å²) in [6.45, 7) is 0. The van der Waals surface area contributed by atoms with Gasteiger partial charge in [0, 0.05) is 5.56 Å². The maximum atomic E-state index is 6.17. The van der Waals surface area contributed by atoms with E-state index in [0.717, 1.165) is 24.1 Å². The van der Waals surface area contributed by atoms with Crippen LogP contribution in [0, 0.1) is 0 Å². The number of nitrogen functional groups attached to an aromatic ring is 1. The van der Waals surface area contributed by atoms with E-state index in [-0.39, 0.29) is 0 Å². The van der Waals surface area contributed by atoms with Gasteiger partial charge in [-0.05, 0) is 18.4 Å². The molecule has 0 saturated carbocycles. The lowest BCUT2D eigenvalue weighted by atomic mass is 10.1. The number of halogens is 1. The zero-order valence-electron chi connectivity index (χ0n) is 12.0. The Balaban J connectivity index is 1.89. The van der Waals surface area contributed by atoms with Gasteiger partial charge in [-0.15, -0.1) is 0 Å². The standard InChI is InChI=1S/C18H16ClN3/c19-17-16(20)15(12-11-13-7-3-1-4-8-13)21-18(22-17)14-9-5-2-6-10-14/h1-10H,11-12,20H2. The number of nitrogens with two attached hydrogens (primary N) is 1. The van der Waals surface area contributed by atoms with Crippen LogP contribution in [0.2, 0.25) is 5.15 Å². The van der Waals surface area contributed by atoms with Crippen LogP contribution in [0.1, 0.15) is 11.3 Å². The minimum absolute atomic E-state index is 0.317. The number of rotatable bonds is 4. The quantitative estimate of drug-likeness (QED) is 0.736. The van der Waals surface area contributed by atoms with E-state index >= 15 is 0 Å². The second kappa shape index (κ2) is 6.58. The molecule has 0 spiro atoms. The Hall–Kier alpha value is -2.39. The molecule has 0 bridgehead atoms. The van der Waals surface area contributed by atoms with Crippen LogP contribution in [0.4, 0.5) is 5.69 Å². The first kappa shape index (κ1) is 14.5. The summed E-state index contributed by atoms with van der Waals surface area (Å²) in [5.41, 5.74) is 9.48. The highest BCUT2D eigenvalue weighted by Crippen LogP contribution is 2.25. The van der Waals surface area contributed by atoms with Crippen molar-refractivity contribution in [3.63, 3.8) is 0 Å². The zero-order valence-corrected chi connectivity index (χ0v) is 12.8. The molecule has 0 aliphatic rings. The van der Waals surface area contributed by atoms with Crippen molar-refractivity contribution in [3.8, 4) is 11.4 Å². The second-order valence-electron chi connectivity index (χ2n) is 5.05. The van der Waals surface area contributed by atoms with E-state index in [0.29, 0.717) is 16.7 Å². The minimum Gasteiger partial charge on any atom is -0.395 e. The first-order valence-corrected chi connectivity index (χ1v) is 7.53. The highest BCUT2D eigenvalue weighted by molar-refractivity contribution is 6.32. The van der Waals surface area contributed by atoms with E-state index < -0.39 is 0 Å². The molecule has 3 rings (SSSR count). The Bertz CT molecular complexity index is 758. The molecule has 1 aromatic heterocycles. The fourth-order valence-corrected chi connectivity index (χ4v) is 2.49. The molecule has 0 unspecified atom stereocenters. The van der Waals surface area contributed by atoms with Gasteiger partial charge in [0.25, 0.3) is 0 Å². The van der Waals surface area contributed by atoms with Crippen LogP contribution in [0.3, 0.4) is 0 Å². The number of benzene rings is 2. The summed E-state index contributed by atoms with van der Waals surface area (Å²) >= 11 is 6.17. The van der Waals surface area contributed by atoms with E-state index in [1.54, 1.807) is 0 Å². The number of hydrogen-bond donors (Lipinski definition) is 1. The highest BCUT2D eigenvalue weighted by Gasteiger charge is 2.11. The van der Waals surface area contributed by atoms with Crippen molar-refractivity contribution in [1.29, 1.82) is 0 Å². The predicted octanol–water partition coefficient (Wildman–Crippen LogP) is 4.16. The molecule has 22 heavy (non-hydrogen) atoms. The van der Waals surface area contributed by atoms with E-state index in [2.05, 4.69) is 22.1 Å². The lowest BCUT2D eigenvalue weighted by Crippen LogP contribution is -2.05. The Morgan fingerprint density at radius 3 is 2.14 bits per heavy atom. The van der Waals surface area contributed by atoms with Crippen LogP contribution in [0.5, 0.6) is 0 Å². The third-order valence-corrected chi connectivity index (χ3v) is 3.79. The van der Waals surface area contributed by atoms with Gasteiger partial charge in [-0.3, -0.25) is 0 Å². The van der Waals surface area contributed by atoms with Gasteiger partial charge in [0.1, 0.15) is 0 Å². The van der Waals surface area contributed by atoms with Crippen LogP contribution in [0.15, 0.2) is 60.7 Å². The summed E-state index contributed by atoms with van der Waals surface area (Å²) < 4.78 is 0. The fraction of sp³-hybridized carbons (Fsp3) is 0.111. The third kappa shape index (κ3) is 3.26. The van der Waals surface area contributed by atoms with Gasteiger partial charge >= 0.3 is 0 Å². The van der Waals surface area contributed by atoms with Gasteiger partial charge in [-0.25, -0.2) is 9.97 Å². The molecule has 0 atom stereocenters. The second-order valence-corrected chi connectivity index (χ2v) is 5.41. The van der Waals surface area contributed by atoms with Crippen molar-refractivity contribution in [1.82, 2.24) is 9.97 Å². The van der Waals surface area contributed by atoms with E-state index in [1.165, 1.54) is 5.56 Å². The summed E-state index contributed by atoms with van der Waals surface area (Å²) in [6, 6.07) is 20.0. The van der Waals surface area contributed by atoms with Gasteiger partial charge in [0.15, 0.2) is 11.0 Å². The van der Waals surface area contributed by atoms with Gasteiger partial charge in [-0.2, -0.15) is 0 Å². The Morgan fingerprint density at radius 1 is 0.818 bits per heavy atom. The summed E-state index contributed by atoms with van der Waals surface area (Å²) in [4.78, 5) is 8.89. The zero-order chi connectivity index (χ0) is 15.4. The Labute approximate surface area is 134 Å². The van der Waals surface area contributed by atoms with E-state index in [4.69, 9.17) is 17.3 Å². The molecule has 0 fully saturated rings. The fourth-order valence-electron chi connectivity index (χ4n) is 2.30. The van der Waals surface area contributed by atoms with Crippen LogP contribution in [-0.2, 0) is 12.8 Å². The maximum absolute atomic E-state index is 6.17. The minimum atomic E-state index is 0.317. The van der Waals surface area contributed by atoms with Crippen LogP contribution in [-0.4, -0.2) is 9.97 Å².